The molecule has 1 aliphatic rings. The van der Waals surface area contributed by atoms with Crippen molar-refractivity contribution in [3.8, 4) is 0 Å². The van der Waals surface area contributed by atoms with E-state index < -0.39 is 53.2 Å². The van der Waals surface area contributed by atoms with E-state index in [1.54, 1.807) is 0 Å². The van der Waals surface area contributed by atoms with E-state index in [1.165, 1.54) is 38.8 Å². The summed E-state index contributed by atoms with van der Waals surface area (Å²) in [5.41, 5.74) is -0.107. The van der Waals surface area contributed by atoms with Crippen LogP contribution < -0.4 is 0 Å². The van der Waals surface area contributed by atoms with Gasteiger partial charge >= 0.3 is 23.9 Å². The van der Waals surface area contributed by atoms with Crippen LogP contribution in [0, 0.1) is 0 Å². The van der Waals surface area contributed by atoms with E-state index in [0.717, 1.165) is 0 Å². The molecule has 1 aliphatic heterocycles. The Morgan fingerprint density at radius 3 is 2.28 bits per heavy atom. The van der Waals surface area contributed by atoms with Gasteiger partial charge in [-0.2, -0.15) is 0 Å². The predicted octanol–water partition coefficient (Wildman–Crippen LogP) is 0.152. The average molecular weight is 478 g/mol. The number of nitrogens with zero attached hydrogens (tertiary/aromatic N) is 3. The number of carbonyl (C=O) groups excluding carboxylic acids is 4. The van der Waals surface area contributed by atoms with Gasteiger partial charge in [-0.3, -0.25) is 14.4 Å². The third-order valence-corrected chi connectivity index (χ3v) is 4.60. The second kappa shape index (κ2) is 9.78. The lowest BCUT2D eigenvalue weighted by Gasteiger charge is -2.43. The van der Waals surface area contributed by atoms with Gasteiger partial charge in [0.2, 0.25) is 0 Å². The number of rotatable bonds is 6. The van der Waals surface area contributed by atoms with Crippen LogP contribution in [-0.4, -0.2) is 75.9 Å². The van der Waals surface area contributed by atoms with Crippen molar-refractivity contribution in [3.05, 3.63) is 11.9 Å². The summed E-state index contributed by atoms with van der Waals surface area (Å²) >= 11 is 3.28. The minimum atomic E-state index is -1.09. The van der Waals surface area contributed by atoms with Crippen LogP contribution in [0.1, 0.15) is 37.3 Å². The highest BCUT2D eigenvalue weighted by molar-refractivity contribution is 9.09. The molecule has 0 bridgehead atoms. The summed E-state index contributed by atoms with van der Waals surface area (Å²) in [4.78, 5) is 46.3. The maximum absolute atomic E-state index is 11.7. The van der Waals surface area contributed by atoms with Crippen LogP contribution in [0.5, 0.6) is 0 Å². The molecule has 1 aromatic rings. The fourth-order valence-electron chi connectivity index (χ4n) is 2.79. The normalized spacial score (nSPS) is 26.3. The summed E-state index contributed by atoms with van der Waals surface area (Å²) in [6.07, 6.45) is -1.76. The first-order chi connectivity index (χ1) is 13.6. The SMILES string of the molecule is COC(=O)c1cn([C@@H]2[C@@H](OC(C)=O)[C@@H](Br)O[C@H](COC(C)=O)[C@@H]2OC(C)=O)nn1. The quantitative estimate of drug-likeness (QED) is 0.313. The van der Waals surface area contributed by atoms with Crippen molar-refractivity contribution in [2.24, 2.45) is 0 Å². The second-order valence-corrected chi connectivity index (χ2v) is 6.94. The van der Waals surface area contributed by atoms with Gasteiger partial charge in [-0.15, -0.1) is 5.10 Å². The molecule has 0 spiro atoms. The Morgan fingerprint density at radius 1 is 1.10 bits per heavy atom. The van der Waals surface area contributed by atoms with Gasteiger partial charge < -0.3 is 23.7 Å². The van der Waals surface area contributed by atoms with Crippen LogP contribution >= 0.6 is 15.9 Å². The summed E-state index contributed by atoms with van der Waals surface area (Å²) in [7, 11) is 1.18. The Kier molecular flexibility index (Phi) is 7.67. The molecule has 13 heteroatoms. The van der Waals surface area contributed by atoms with Crippen molar-refractivity contribution in [2.45, 2.75) is 50.1 Å². The number of hydrogen-bond acceptors (Lipinski definition) is 11. The molecule has 0 saturated carbocycles. The second-order valence-electron chi connectivity index (χ2n) is 6.04. The molecular weight excluding hydrogens is 458 g/mol. The summed E-state index contributed by atoms with van der Waals surface area (Å²) in [6, 6.07) is -0.951. The van der Waals surface area contributed by atoms with Crippen LogP contribution in [0.4, 0.5) is 0 Å². The zero-order valence-corrected chi connectivity index (χ0v) is 17.7. The number of alkyl halides is 1. The van der Waals surface area contributed by atoms with Crippen molar-refractivity contribution in [2.75, 3.05) is 13.7 Å². The number of methoxy groups -OCH3 is 1. The fraction of sp³-hybridized carbons (Fsp3) is 0.625. The first-order valence-electron chi connectivity index (χ1n) is 8.41. The first kappa shape index (κ1) is 22.7. The molecule has 12 nitrogen and oxygen atoms in total. The van der Waals surface area contributed by atoms with Crippen molar-refractivity contribution in [1.82, 2.24) is 15.0 Å². The molecule has 2 heterocycles. The van der Waals surface area contributed by atoms with E-state index in [2.05, 4.69) is 31.0 Å². The number of hydrogen-bond donors (Lipinski definition) is 0. The van der Waals surface area contributed by atoms with Crippen molar-refractivity contribution in [1.29, 1.82) is 0 Å². The lowest BCUT2D eigenvalue weighted by Crippen LogP contribution is -2.57. The van der Waals surface area contributed by atoms with Gasteiger partial charge in [0.15, 0.2) is 22.9 Å². The van der Waals surface area contributed by atoms with E-state index in [4.69, 9.17) is 18.9 Å². The molecule has 0 amide bonds. The third kappa shape index (κ3) is 5.73. The van der Waals surface area contributed by atoms with Crippen LogP contribution in [-0.2, 0) is 38.1 Å². The molecule has 29 heavy (non-hydrogen) atoms. The van der Waals surface area contributed by atoms with Gasteiger partial charge in [0, 0.05) is 20.8 Å². The molecule has 160 valence electrons. The Balaban J connectivity index is 2.47. The van der Waals surface area contributed by atoms with Gasteiger partial charge in [0.05, 0.1) is 13.3 Å². The Hall–Kier alpha value is -2.54. The average Bonchev–Trinajstić information content (AvgIpc) is 3.11. The summed E-state index contributed by atoms with van der Waals surface area (Å²) in [5, 5.41) is 6.75. The molecule has 0 aromatic carbocycles. The van der Waals surface area contributed by atoms with Crippen LogP contribution in [0.2, 0.25) is 0 Å². The molecule has 0 aliphatic carbocycles. The zero-order chi connectivity index (χ0) is 21.7. The van der Waals surface area contributed by atoms with Crippen LogP contribution in [0.3, 0.4) is 0 Å². The van der Waals surface area contributed by atoms with Crippen molar-refractivity contribution >= 4 is 39.8 Å². The largest absolute Gasteiger partial charge is 0.464 e. The highest BCUT2D eigenvalue weighted by atomic mass is 79.9. The highest BCUT2D eigenvalue weighted by Gasteiger charge is 2.51. The molecule has 0 unspecified atom stereocenters. The topological polar surface area (TPSA) is 145 Å². The van der Waals surface area contributed by atoms with Crippen molar-refractivity contribution in [3.63, 3.8) is 0 Å². The number of aromatic nitrogens is 3. The highest BCUT2D eigenvalue weighted by Crippen LogP contribution is 2.36. The van der Waals surface area contributed by atoms with Gasteiger partial charge in [0.1, 0.15) is 18.8 Å². The third-order valence-electron chi connectivity index (χ3n) is 3.87. The maximum Gasteiger partial charge on any atom is 0.360 e. The molecule has 1 fully saturated rings. The molecule has 1 saturated heterocycles. The first-order valence-corrected chi connectivity index (χ1v) is 9.33. The zero-order valence-electron chi connectivity index (χ0n) is 16.1. The Bertz CT molecular complexity index is 783. The molecule has 5 atom stereocenters. The van der Waals surface area contributed by atoms with Gasteiger partial charge in [-0.1, -0.05) is 21.1 Å². The summed E-state index contributed by atoms with van der Waals surface area (Å²) in [6.45, 7) is 3.36. The van der Waals surface area contributed by atoms with Crippen LogP contribution in [0.15, 0.2) is 6.20 Å². The smallest absolute Gasteiger partial charge is 0.360 e. The van der Waals surface area contributed by atoms with Gasteiger partial charge in [-0.25, -0.2) is 9.48 Å². The molecule has 2 rings (SSSR count). The lowest BCUT2D eigenvalue weighted by atomic mass is 9.97. The minimum absolute atomic E-state index is 0.107. The van der Waals surface area contributed by atoms with E-state index in [-0.39, 0.29) is 12.3 Å². The molecule has 0 radical (unpaired) electrons. The van der Waals surface area contributed by atoms with E-state index in [1.807, 2.05) is 0 Å². The van der Waals surface area contributed by atoms with E-state index >= 15 is 0 Å². The monoisotopic (exact) mass is 477 g/mol. The lowest BCUT2D eigenvalue weighted by molar-refractivity contribution is -0.211. The predicted molar refractivity (Wildman–Crippen MR) is 95.7 cm³/mol. The van der Waals surface area contributed by atoms with Crippen molar-refractivity contribution < 1.29 is 42.9 Å². The van der Waals surface area contributed by atoms with E-state index in [9.17, 15) is 19.2 Å². The Morgan fingerprint density at radius 2 is 1.72 bits per heavy atom. The van der Waals surface area contributed by atoms with Gasteiger partial charge in [-0.05, 0) is 0 Å². The molecule has 0 N–H and O–H groups in total. The Labute approximate surface area is 173 Å². The van der Waals surface area contributed by atoms with Gasteiger partial charge in [0.25, 0.3) is 0 Å². The fourth-order valence-corrected chi connectivity index (χ4v) is 3.49. The number of carbonyl (C=O) groups is 4. The minimum Gasteiger partial charge on any atom is -0.464 e. The number of ether oxygens (including phenoxy) is 5. The molecular formula is C16H20BrN3O9. The maximum atomic E-state index is 11.7. The summed E-state index contributed by atoms with van der Waals surface area (Å²) < 4.78 is 27.3. The molecule has 1 aromatic heterocycles. The van der Waals surface area contributed by atoms with E-state index in [0.29, 0.717) is 0 Å². The number of halogens is 1. The summed E-state index contributed by atoms with van der Waals surface area (Å²) in [5.74, 6) is -2.57. The standard InChI is InChI=1S/C16H20BrN3O9/c1-7(21)26-6-11-13(27-8(2)22)12(14(15(17)29-11)28-9(3)23)20-5-10(18-19-20)16(24)25-4/h5,11-15H,6H2,1-4H3/t11-,12+,13+,14-,15+/m1/s1. The van der Waals surface area contributed by atoms with Crippen LogP contribution in [0.25, 0.3) is 0 Å². The number of esters is 4.